The lowest BCUT2D eigenvalue weighted by Crippen LogP contribution is -2.14. The van der Waals surface area contributed by atoms with Crippen LogP contribution in [0.1, 0.15) is 11.3 Å². The van der Waals surface area contributed by atoms with Crippen LogP contribution in [-0.4, -0.2) is 18.4 Å². The molecule has 0 unspecified atom stereocenters. The minimum Gasteiger partial charge on any atom is -0.262 e. The molecule has 0 aliphatic carbocycles. The first-order chi connectivity index (χ1) is 8.79. The van der Waals surface area contributed by atoms with Gasteiger partial charge in [-0.15, -0.1) is 0 Å². The summed E-state index contributed by atoms with van der Waals surface area (Å²) in [6, 6.07) is 1.78. The topological polar surface area (TPSA) is 72.0 Å². The Morgan fingerprint density at radius 2 is 2.11 bits per heavy atom. The summed E-state index contributed by atoms with van der Waals surface area (Å²) >= 11 is 9.91. The summed E-state index contributed by atoms with van der Waals surface area (Å²) in [6.07, 6.45) is 1.53. The van der Waals surface area contributed by atoms with Crippen LogP contribution >= 0.6 is 38.9 Å². The van der Waals surface area contributed by atoms with E-state index in [0.29, 0.717) is 11.3 Å². The summed E-state index contributed by atoms with van der Waals surface area (Å²) in [5, 5.41) is 0. The molecule has 0 atom stereocenters. The van der Waals surface area contributed by atoms with E-state index < -0.39 is 10.0 Å². The highest BCUT2D eigenvalue weighted by Crippen LogP contribution is 2.29. The fourth-order valence-electron chi connectivity index (χ4n) is 1.42. The zero-order valence-electron chi connectivity index (χ0n) is 9.94. The van der Waals surface area contributed by atoms with E-state index in [9.17, 15) is 8.42 Å². The summed E-state index contributed by atoms with van der Waals surface area (Å²) < 4.78 is 28.0. The number of aryl methyl sites for hydroxylation is 2. The fourth-order valence-corrected chi connectivity index (χ4v) is 4.69. The Morgan fingerprint density at radius 3 is 2.63 bits per heavy atom. The molecule has 2 rings (SSSR count). The molecule has 0 aromatic carbocycles. The molecule has 0 saturated heterocycles. The number of thiazole rings is 1. The molecule has 1 N–H and O–H groups in total. The van der Waals surface area contributed by atoms with E-state index >= 15 is 0 Å². The van der Waals surface area contributed by atoms with Gasteiger partial charge in [0.25, 0.3) is 10.0 Å². The van der Waals surface area contributed by atoms with Gasteiger partial charge >= 0.3 is 0 Å². The monoisotopic (exact) mass is 381 g/mol. The zero-order chi connectivity index (χ0) is 14.2. The Morgan fingerprint density at radius 1 is 1.42 bits per heavy atom. The molecule has 0 amide bonds. The van der Waals surface area contributed by atoms with Gasteiger partial charge in [0.2, 0.25) is 0 Å². The van der Waals surface area contributed by atoms with Gasteiger partial charge in [0.15, 0.2) is 8.68 Å². The van der Waals surface area contributed by atoms with Gasteiger partial charge in [-0.05, 0) is 41.4 Å². The maximum atomic E-state index is 12.2. The van der Waals surface area contributed by atoms with Crippen molar-refractivity contribution in [1.29, 1.82) is 0 Å². The summed E-state index contributed by atoms with van der Waals surface area (Å²) in [4.78, 5) is 7.93. The largest absolute Gasteiger partial charge is 0.274 e. The number of hydrogen-bond acceptors (Lipinski definition) is 5. The number of rotatable bonds is 3. The third-order valence-corrected chi connectivity index (χ3v) is 5.89. The van der Waals surface area contributed by atoms with Crippen molar-refractivity contribution >= 4 is 54.7 Å². The Balaban J connectivity index is 2.39. The quantitative estimate of drug-likeness (QED) is 0.883. The fraction of sp³-hybridized carbons (Fsp3) is 0.200. The maximum absolute atomic E-state index is 12.2. The van der Waals surface area contributed by atoms with Crippen LogP contribution in [0.15, 0.2) is 20.9 Å². The minimum atomic E-state index is -3.71. The normalized spacial score (nSPS) is 11.6. The van der Waals surface area contributed by atoms with E-state index in [4.69, 9.17) is 11.6 Å². The van der Waals surface area contributed by atoms with E-state index in [0.717, 1.165) is 15.8 Å². The van der Waals surface area contributed by atoms with Crippen molar-refractivity contribution in [3.8, 4) is 0 Å². The molecule has 2 heterocycles. The van der Waals surface area contributed by atoms with Crippen molar-refractivity contribution in [3.05, 3.63) is 32.5 Å². The van der Waals surface area contributed by atoms with E-state index in [-0.39, 0.29) is 14.5 Å². The molecule has 0 radical (unpaired) electrons. The van der Waals surface area contributed by atoms with Gasteiger partial charge in [-0.3, -0.25) is 4.72 Å². The molecule has 2 aromatic rings. The number of nitrogens with zero attached hydrogens (tertiary/aromatic N) is 2. The van der Waals surface area contributed by atoms with Crippen LogP contribution in [0.2, 0.25) is 4.47 Å². The predicted octanol–water partition coefficient (Wildman–Crippen LogP) is 3.37. The van der Waals surface area contributed by atoms with Crippen molar-refractivity contribution in [1.82, 2.24) is 9.97 Å². The smallest absolute Gasteiger partial charge is 0.262 e. The molecule has 19 heavy (non-hydrogen) atoms. The number of nitrogens with one attached hydrogen (secondary N) is 1. The average Bonchev–Trinajstić information content (AvgIpc) is 2.63. The summed E-state index contributed by atoms with van der Waals surface area (Å²) in [5.74, 6) is 0.284. The van der Waals surface area contributed by atoms with Gasteiger partial charge < -0.3 is 0 Å². The molecule has 9 heteroatoms. The van der Waals surface area contributed by atoms with Crippen molar-refractivity contribution in [2.75, 3.05) is 4.72 Å². The second kappa shape index (κ2) is 5.35. The molecule has 102 valence electrons. The Labute approximate surface area is 128 Å². The molecule has 2 aromatic heterocycles. The number of halogens is 2. The number of pyridine rings is 1. The molecule has 0 saturated carbocycles. The molecule has 0 aliphatic heterocycles. The maximum Gasteiger partial charge on any atom is 0.274 e. The molecule has 0 aliphatic rings. The highest BCUT2D eigenvalue weighted by atomic mass is 79.9. The molecule has 0 fully saturated rings. The average molecular weight is 383 g/mol. The Bertz CT molecular complexity index is 730. The second-order valence-corrected chi connectivity index (χ2v) is 8.14. The number of anilines is 1. The summed E-state index contributed by atoms with van der Waals surface area (Å²) in [6.45, 7) is 3.36. The Hall–Kier alpha value is -0.700. The lowest BCUT2D eigenvalue weighted by molar-refractivity contribution is 0.602. The molecular weight excluding hydrogens is 374 g/mol. The van der Waals surface area contributed by atoms with E-state index in [1.54, 1.807) is 19.9 Å². The van der Waals surface area contributed by atoms with Gasteiger partial charge in [0.1, 0.15) is 5.82 Å². The minimum absolute atomic E-state index is 0.0987. The van der Waals surface area contributed by atoms with Gasteiger partial charge in [0.05, 0.1) is 5.69 Å². The Kier molecular flexibility index (Phi) is 4.14. The predicted molar refractivity (Wildman–Crippen MR) is 79.3 cm³/mol. The van der Waals surface area contributed by atoms with Crippen molar-refractivity contribution in [3.63, 3.8) is 0 Å². The molecular formula is C10H9BrClN3O2S2. The second-order valence-electron chi connectivity index (χ2n) is 3.76. The number of hydrogen-bond donors (Lipinski definition) is 1. The van der Waals surface area contributed by atoms with Crippen LogP contribution in [0.3, 0.4) is 0 Å². The van der Waals surface area contributed by atoms with Crippen LogP contribution in [0.25, 0.3) is 0 Å². The van der Waals surface area contributed by atoms with Crippen LogP contribution in [-0.2, 0) is 10.0 Å². The van der Waals surface area contributed by atoms with Crippen LogP contribution in [0.4, 0.5) is 5.82 Å². The lowest BCUT2D eigenvalue weighted by atomic mass is 10.3. The van der Waals surface area contributed by atoms with Crippen molar-refractivity contribution < 1.29 is 8.42 Å². The number of sulfonamides is 1. The first kappa shape index (κ1) is 14.7. The van der Waals surface area contributed by atoms with Gasteiger partial charge in [-0.1, -0.05) is 22.9 Å². The van der Waals surface area contributed by atoms with E-state index in [2.05, 4.69) is 30.6 Å². The molecule has 0 spiro atoms. The first-order valence-corrected chi connectivity index (χ1v) is 8.54. The van der Waals surface area contributed by atoms with Crippen LogP contribution in [0.5, 0.6) is 0 Å². The van der Waals surface area contributed by atoms with E-state index in [1.165, 1.54) is 6.20 Å². The van der Waals surface area contributed by atoms with Gasteiger partial charge in [-0.2, -0.15) is 0 Å². The van der Waals surface area contributed by atoms with Crippen molar-refractivity contribution in [2.24, 2.45) is 0 Å². The highest BCUT2D eigenvalue weighted by Gasteiger charge is 2.22. The van der Waals surface area contributed by atoms with Crippen LogP contribution in [0, 0.1) is 13.8 Å². The third-order valence-electron chi connectivity index (χ3n) is 2.25. The van der Waals surface area contributed by atoms with E-state index in [1.807, 2.05) is 0 Å². The lowest BCUT2D eigenvalue weighted by Gasteiger charge is -2.08. The van der Waals surface area contributed by atoms with Gasteiger partial charge in [0, 0.05) is 10.7 Å². The first-order valence-electron chi connectivity index (χ1n) is 5.07. The standard InChI is InChI=1S/C10H9BrClN3O2S2/c1-5-3-7(11)4-13-8(5)15-19(16,17)9-6(2)14-10(12)18-9/h3-4H,1-2H3,(H,13,15). The van der Waals surface area contributed by atoms with Gasteiger partial charge in [-0.25, -0.2) is 18.4 Å². The summed E-state index contributed by atoms with van der Waals surface area (Å²) in [5.41, 5.74) is 1.09. The number of aromatic nitrogens is 2. The van der Waals surface area contributed by atoms with Crippen molar-refractivity contribution in [2.45, 2.75) is 18.1 Å². The summed E-state index contributed by atoms with van der Waals surface area (Å²) in [7, 11) is -3.71. The SMILES string of the molecule is Cc1cc(Br)cnc1NS(=O)(=O)c1sc(Cl)nc1C. The highest BCUT2D eigenvalue weighted by molar-refractivity contribution is 9.10. The molecule has 5 nitrogen and oxygen atoms in total. The zero-order valence-corrected chi connectivity index (χ0v) is 13.9. The van der Waals surface area contributed by atoms with Crippen LogP contribution < -0.4 is 4.72 Å². The molecule has 0 bridgehead atoms. The third kappa shape index (κ3) is 3.25.